The van der Waals surface area contributed by atoms with Crippen LogP contribution in [0.2, 0.25) is 0 Å². The molecule has 1 fully saturated rings. The van der Waals surface area contributed by atoms with Crippen LogP contribution in [-0.2, 0) is 4.74 Å². The van der Waals surface area contributed by atoms with Gasteiger partial charge in [-0.15, -0.1) is 0 Å². The fourth-order valence-corrected chi connectivity index (χ4v) is 2.82. The van der Waals surface area contributed by atoms with Gasteiger partial charge in [-0.05, 0) is 49.8 Å². The Morgan fingerprint density at radius 3 is 3.05 bits per heavy atom. The summed E-state index contributed by atoms with van der Waals surface area (Å²) >= 11 is 0. The fourth-order valence-electron chi connectivity index (χ4n) is 2.82. The van der Waals surface area contributed by atoms with Crippen molar-refractivity contribution in [2.45, 2.75) is 44.3 Å². The Bertz CT molecular complexity index is 564. The van der Waals surface area contributed by atoms with Crippen LogP contribution in [0.1, 0.15) is 43.8 Å². The third kappa shape index (κ3) is 3.17. The van der Waals surface area contributed by atoms with Crippen LogP contribution in [-0.4, -0.2) is 22.8 Å². The van der Waals surface area contributed by atoms with Crippen molar-refractivity contribution in [2.75, 3.05) is 6.61 Å². The molecular formula is C17H21NO2. The first-order valence-electron chi connectivity index (χ1n) is 7.47. The quantitative estimate of drug-likeness (QED) is 0.923. The van der Waals surface area contributed by atoms with Gasteiger partial charge < -0.3 is 9.84 Å². The molecule has 3 heteroatoms. The van der Waals surface area contributed by atoms with E-state index in [4.69, 9.17) is 4.74 Å². The monoisotopic (exact) mass is 271 g/mol. The highest BCUT2D eigenvalue weighted by Gasteiger charge is 2.16. The van der Waals surface area contributed by atoms with E-state index in [9.17, 15) is 5.11 Å². The van der Waals surface area contributed by atoms with Crippen molar-refractivity contribution < 1.29 is 9.84 Å². The molecule has 1 aliphatic heterocycles. The first-order chi connectivity index (χ1) is 9.83. The van der Waals surface area contributed by atoms with Crippen molar-refractivity contribution in [2.24, 2.45) is 0 Å². The first-order valence-corrected chi connectivity index (χ1v) is 7.47. The number of ether oxygens (including phenoxy) is 1. The molecule has 0 saturated carbocycles. The van der Waals surface area contributed by atoms with Gasteiger partial charge >= 0.3 is 0 Å². The van der Waals surface area contributed by atoms with Gasteiger partial charge in [-0.2, -0.15) is 0 Å². The number of aliphatic hydroxyl groups excluding tert-OH is 1. The van der Waals surface area contributed by atoms with Gasteiger partial charge in [-0.3, -0.25) is 4.98 Å². The van der Waals surface area contributed by atoms with Crippen molar-refractivity contribution in [3.63, 3.8) is 0 Å². The Morgan fingerprint density at radius 1 is 1.30 bits per heavy atom. The van der Waals surface area contributed by atoms with Gasteiger partial charge in [0.25, 0.3) is 0 Å². The lowest BCUT2D eigenvalue weighted by Crippen LogP contribution is -2.19. The number of benzene rings is 1. The van der Waals surface area contributed by atoms with Crippen LogP contribution in [0.15, 0.2) is 36.5 Å². The van der Waals surface area contributed by atoms with Crippen LogP contribution in [0.5, 0.6) is 0 Å². The van der Waals surface area contributed by atoms with E-state index in [1.165, 1.54) is 12.8 Å². The maximum atomic E-state index is 10.3. The molecule has 0 aliphatic carbocycles. The van der Waals surface area contributed by atoms with Crippen LogP contribution in [0, 0.1) is 0 Å². The summed E-state index contributed by atoms with van der Waals surface area (Å²) in [6.45, 7) is 0.873. The largest absolute Gasteiger partial charge is 0.388 e. The van der Waals surface area contributed by atoms with Crippen LogP contribution >= 0.6 is 0 Å². The van der Waals surface area contributed by atoms with E-state index in [0.29, 0.717) is 6.10 Å². The molecule has 3 rings (SSSR count). The van der Waals surface area contributed by atoms with Crippen LogP contribution in [0.3, 0.4) is 0 Å². The lowest BCUT2D eigenvalue weighted by Gasteiger charge is -2.23. The molecule has 1 N–H and O–H groups in total. The molecule has 2 unspecified atom stereocenters. The van der Waals surface area contributed by atoms with Gasteiger partial charge in [0.1, 0.15) is 0 Å². The lowest BCUT2D eigenvalue weighted by molar-refractivity contribution is 0.00212. The molecule has 0 amide bonds. The molecule has 0 bridgehead atoms. The van der Waals surface area contributed by atoms with Crippen molar-refractivity contribution >= 4 is 10.9 Å². The zero-order chi connectivity index (χ0) is 13.8. The van der Waals surface area contributed by atoms with Gasteiger partial charge in [0.2, 0.25) is 0 Å². The van der Waals surface area contributed by atoms with E-state index < -0.39 is 6.10 Å². The standard InChI is InChI=1S/C17H21NO2/c19-17(9-8-15-6-3-4-10-20-15)14-11-13-5-1-2-7-16(13)18-12-14/h1-2,5,7,11-12,15,17,19H,3-4,6,8-10H2. The predicted molar refractivity (Wildman–Crippen MR) is 79.5 cm³/mol. The van der Waals surface area contributed by atoms with E-state index >= 15 is 0 Å². The highest BCUT2D eigenvalue weighted by atomic mass is 16.5. The molecule has 1 aliphatic rings. The number of nitrogens with zero attached hydrogens (tertiary/aromatic N) is 1. The molecule has 2 atom stereocenters. The molecular weight excluding hydrogens is 250 g/mol. The highest BCUT2D eigenvalue weighted by molar-refractivity contribution is 5.78. The Hall–Kier alpha value is -1.45. The third-order valence-electron chi connectivity index (χ3n) is 4.03. The van der Waals surface area contributed by atoms with E-state index in [1.54, 1.807) is 6.20 Å². The Labute approximate surface area is 119 Å². The average molecular weight is 271 g/mol. The van der Waals surface area contributed by atoms with Crippen molar-refractivity contribution in [3.05, 3.63) is 42.1 Å². The summed E-state index contributed by atoms with van der Waals surface area (Å²) in [6, 6.07) is 10.0. The molecule has 106 valence electrons. The van der Waals surface area contributed by atoms with Gasteiger partial charge in [0, 0.05) is 18.2 Å². The molecule has 0 spiro atoms. The molecule has 0 radical (unpaired) electrons. The van der Waals surface area contributed by atoms with E-state index in [2.05, 4.69) is 4.98 Å². The Kier molecular flexibility index (Phi) is 4.28. The summed E-state index contributed by atoms with van der Waals surface area (Å²) in [6.07, 6.45) is 6.88. The number of pyridine rings is 1. The van der Waals surface area contributed by atoms with Crippen molar-refractivity contribution in [1.82, 2.24) is 4.98 Å². The van der Waals surface area contributed by atoms with Crippen LogP contribution in [0.4, 0.5) is 0 Å². The van der Waals surface area contributed by atoms with Crippen molar-refractivity contribution in [1.29, 1.82) is 0 Å². The SMILES string of the molecule is OC(CCC1CCCCO1)c1cnc2ccccc2c1. The van der Waals surface area contributed by atoms with Gasteiger partial charge in [-0.25, -0.2) is 0 Å². The highest BCUT2D eigenvalue weighted by Crippen LogP contribution is 2.25. The molecule has 20 heavy (non-hydrogen) atoms. The first kappa shape index (κ1) is 13.5. The molecule has 1 saturated heterocycles. The number of para-hydroxylation sites is 1. The number of rotatable bonds is 4. The maximum Gasteiger partial charge on any atom is 0.0806 e. The number of fused-ring (bicyclic) bond motifs is 1. The van der Waals surface area contributed by atoms with E-state index in [1.807, 2.05) is 30.3 Å². The summed E-state index contributed by atoms with van der Waals surface area (Å²) in [7, 11) is 0. The summed E-state index contributed by atoms with van der Waals surface area (Å²) < 4.78 is 5.71. The summed E-state index contributed by atoms with van der Waals surface area (Å²) in [5, 5.41) is 11.4. The number of hydrogen-bond acceptors (Lipinski definition) is 3. The van der Waals surface area contributed by atoms with Gasteiger partial charge in [-0.1, -0.05) is 18.2 Å². The number of hydrogen-bond donors (Lipinski definition) is 1. The summed E-state index contributed by atoms with van der Waals surface area (Å²) in [4.78, 5) is 4.41. The third-order valence-corrected chi connectivity index (χ3v) is 4.03. The minimum absolute atomic E-state index is 0.326. The number of aromatic nitrogens is 1. The zero-order valence-corrected chi connectivity index (χ0v) is 11.7. The molecule has 1 aromatic heterocycles. The van der Waals surface area contributed by atoms with Gasteiger partial charge in [0.15, 0.2) is 0 Å². The maximum absolute atomic E-state index is 10.3. The molecule has 2 aromatic rings. The zero-order valence-electron chi connectivity index (χ0n) is 11.7. The minimum Gasteiger partial charge on any atom is -0.388 e. The Balaban J connectivity index is 1.64. The van der Waals surface area contributed by atoms with E-state index in [-0.39, 0.29) is 0 Å². The van der Waals surface area contributed by atoms with Gasteiger partial charge in [0.05, 0.1) is 17.7 Å². The van der Waals surface area contributed by atoms with Crippen LogP contribution < -0.4 is 0 Å². The normalized spacial score (nSPS) is 20.9. The smallest absolute Gasteiger partial charge is 0.0806 e. The second-order valence-electron chi connectivity index (χ2n) is 5.54. The topological polar surface area (TPSA) is 42.4 Å². The summed E-state index contributed by atoms with van der Waals surface area (Å²) in [5.74, 6) is 0. The summed E-state index contributed by atoms with van der Waals surface area (Å²) in [5.41, 5.74) is 1.87. The van der Waals surface area contributed by atoms with Crippen LogP contribution in [0.25, 0.3) is 10.9 Å². The average Bonchev–Trinajstić information content (AvgIpc) is 2.53. The predicted octanol–water partition coefficient (Wildman–Crippen LogP) is 3.62. The van der Waals surface area contributed by atoms with E-state index in [0.717, 1.165) is 42.3 Å². The second-order valence-corrected chi connectivity index (χ2v) is 5.54. The second kappa shape index (κ2) is 6.33. The lowest BCUT2D eigenvalue weighted by atomic mass is 9.99. The fraction of sp³-hybridized carbons (Fsp3) is 0.471. The molecule has 3 nitrogen and oxygen atoms in total. The Morgan fingerprint density at radius 2 is 2.20 bits per heavy atom. The number of aliphatic hydroxyl groups is 1. The molecule has 1 aromatic carbocycles. The van der Waals surface area contributed by atoms with Crippen molar-refractivity contribution in [3.8, 4) is 0 Å². The minimum atomic E-state index is -0.447. The molecule has 2 heterocycles.